The second kappa shape index (κ2) is 3.19. The Bertz CT molecular complexity index is 559. The van der Waals surface area contributed by atoms with Crippen LogP contribution in [0, 0.1) is 10.1 Å². The minimum absolute atomic E-state index is 0.0407. The number of fused-ring (bicyclic) bond motifs is 1. The van der Waals surface area contributed by atoms with Gasteiger partial charge in [0, 0.05) is 17.6 Å². The van der Waals surface area contributed by atoms with Crippen LogP contribution in [0.1, 0.15) is 12.8 Å². The van der Waals surface area contributed by atoms with Crippen LogP contribution in [0.3, 0.4) is 0 Å². The number of hydrogen-bond acceptors (Lipinski definition) is 4. The maximum absolute atomic E-state index is 10.9. The summed E-state index contributed by atoms with van der Waals surface area (Å²) in [6.07, 6.45) is 5.18. The van der Waals surface area contributed by atoms with Crippen molar-refractivity contribution in [2.75, 3.05) is 5.32 Å². The van der Waals surface area contributed by atoms with E-state index >= 15 is 0 Å². The van der Waals surface area contributed by atoms with Crippen molar-refractivity contribution in [3.8, 4) is 0 Å². The van der Waals surface area contributed by atoms with Crippen LogP contribution >= 0.6 is 0 Å². The van der Waals surface area contributed by atoms with Crippen LogP contribution < -0.4 is 5.32 Å². The normalized spacial score (nSPS) is 15.2. The van der Waals surface area contributed by atoms with E-state index in [1.807, 2.05) is 0 Å². The Labute approximate surface area is 90.8 Å². The van der Waals surface area contributed by atoms with Gasteiger partial charge in [-0.15, -0.1) is 0 Å². The molecule has 6 nitrogen and oxygen atoms in total. The van der Waals surface area contributed by atoms with E-state index in [-0.39, 0.29) is 5.69 Å². The lowest BCUT2D eigenvalue weighted by atomic mass is 10.2. The first-order valence-corrected chi connectivity index (χ1v) is 5.13. The summed E-state index contributed by atoms with van der Waals surface area (Å²) in [4.78, 5) is 17.5. The number of nitrogens with zero attached hydrogens (tertiary/aromatic N) is 2. The van der Waals surface area contributed by atoms with Gasteiger partial charge in [-0.25, -0.2) is 4.98 Å². The number of rotatable bonds is 3. The molecule has 6 heteroatoms. The smallest absolute Gasteiger partial charge is 0.311 e. The number of aromatic nitrogens is 2. The minimum Gasteiger partial charge on any atom is -0.376 e. The van der Waals surface area contributed by atoms with Crippen LogP contribution in [-0.2, 0) is 0 Å². The van der Waals surface area contributed by atoms with Gasteiger partial charge < -0.3 is 10.3 Å². The van der Waals surface area contributed by atoms with Gasteiger partial charge >= 0.3 is 5.69 Å². The molecule has 0 unspecified atom stereocenters. The molecule has 1 saturated carbocycles. The van der Waals surface area contributed by atoms with Crippen LogP contribution in [0.2, 0.25) is 0 Å². The number of aromatic amines is 1. The van der Waals surface area contributed by atoms with Gasteiger partial charge in [0.05, 0.1) is 4.92 Å². The molecule has 0 atom stereocenters. The number of pyridine rings is 1. The van der Waals surface area contributed by atoms with Gasteiger partial charge in [-0.2, -0.15) is 0 Å². The number of nitrogens with one attached hydrogen (secondary N) is 2. The quantitative estimate of drug-likeness (QED) is 0.610. The molecule has 2 heterocycles. The first kappa shape index (κ1) is 9.14. The van der Waals surface area contributed by atoms with Crippen LogP contribution in [0.25, 0.3) is 11.0 Å². The SMILES string of the molecule is O=[N+]([O-])c1cnc2[nH]ccc2c1NC1CC1. The van der Waals surface area contributed by atoms with E-state index in [1.165, 1.54) is 6.20 Å². The second-order valence-corrected chi connectivity index (χ2v) is 3.93. The first-order valence-electron chi connectivity index (χ1n) is 5.13. The molecule has 0 spiro atoms. The van der Waals surface area contributed by atoms with E-state index in [0.717, 1.165) is 18.2 Å². The van der Waals surface area contributed by atoms with Crippen LogP contribution in [0.4, 0.5) is 11.4 Å². The third-order valence-electron chi connectivity index (χ3n) is 2.69. The molecule has 2 aromatic rings. The molecule has 0 amide bonds. The van der Waals surface area contributed by atoms with E-state index in [1.54, 1.807) is 12.3 Å². The lowest BCUT2D eigenvalue weighted by Crippen LogP contribution is -2.05. The average Bonchev–Trinajstić information content (AvgIpc) is 2.94. The van der Waals surface area contributed by atoms with Gasteiger partial charge in [0.2, 0.25) is 0 Å². The summed E-state index contributed by atoms with van der Waals surface area (Å²) in [5.74, 6) is 0. The van der Waals surface area contributed by atoms with Gasteiger partial charge in [0.25, 0.3) is 0 Å². The predicted molar refractivity (Wildman–Crippen MR) is 59.4 cm³/mol. The van der Waals surface area contributed by atoms with Gasteiger partial charge in [-0.05, 0) is 18.9 Å². The highest BCUT2D eigenvalue weighted by Crippen LogP contribution is 2.35. The van der Waals surface area contributed by atoms with Crippen molar-refractivity contribution in [2.24, 2.45) is 0 Å². The second-order valence-electron chi connectivity index (χ2n) is 3.93. The van der Waals surface area contributed by atoms with E-state index in [0.29, 0.717) is 17.4 Å². The lowest BCUT2D eigenvalue weighted by Gasteiger charge is -2.06. The number of nitro groups is 1. The molecule has 82 valence electrons. The highest BCUT2D eigenvalue weighted by atomic mass is 16.6. The van der Waals surface area contributed by atoms with E-state index < -0.39 is 4.92 Å². The molecule has 1 aliphatic carbocycles. The molecule has 16 heavy (non-hydrogen) atoms. The van der Waals surface area contributed by atoms with Crippen LogP contribution in [0.5, 0.6) is 0 Å². The summed E-state index contributed by atoms with van der Waals surface area (Å²) < 4.78 is 0. The zero-order valence-electron chi connectivity index (χ0n) is 8.43. The molecule has 1 fully saturated rings. The first-order chi connectivity index (χ1) is 7.75. The molecule has 0 bridgehead atoms. The van der Waals surface area contributed by atoms with Crippen molar-refractivity contribution in [3.05, 3.63) is 28.6 Å². The van der Waals surface area contributed by atoms with E-state index in [4.69, 9.17) is 0 Å². The predicted octanol–water partition coefficient (Wildman–Crippen LogP) is 2.05. The summed E-state index contributed by atoms with van der Waals surface area (Å²) in [6.45, 7) is 0. The summed E-state index contributed by atoms with van der Waals surface area (Å²) in [7, 11) is 0. The summed E-state index contributed by atoms with van der Waals surface area (Å²) >= 11 is 0. The van der Waals surface area contributed by atoms with Crippen LogP contribution in [0.15, 0.2) is 18.5 Å². The van der Waals surface area contributed by atoms with Gasteiger partial charge in [0.1, 0.15) is 17.5 Å². The topological polar surface area (TPSA) is 83.8 Å². The molecule has 1 aliphatic rings. The van der Waals surface area contributed by atoms with Crippen LogP contribution in [-0.4, -0.2) is 20.9 Å². The number of H-pyrrole nitrogens is 1. The average molecular weight is 218 g/mol. The Hall–Kier alpha value is -2.11. The molecule has 0 radical (unpaired) electrons. The molecule has 2 aromatic heterocycles. The monoisotopic (exact) mass is 218 g/mol. The molecule has 3 rings (SSSR count). The van der Waals surface area contributed by atoms with Gasteiger partial charge in [0.15, 0.2) is 0 Å². The van der Waals surface area contributed by atoms with Crippen molar-refractivity contribution in [1.82, 2.24) is 9.97 Å². The molecule has 0 aliphatic heterocycles. The van der Waals surface area contributed by atoms with E-state index in [9.17, 15) is 10.1 Å². The number of anilines is 1. The fourth-order valence-electron chi connectivity index (χ4n) is 1.72. The van der Waals surface area contributed by atoms with Crippen molar-refractivity contribution >= 4 is 22.4 Å². The Balaban J connectivity index is 2.18. The minimum atomic E-state index is -0.399. The summed E-state index contributed by atoms with van der Waals surface area (Å²) in [5.41, 5.74) is 1.30. The van der Waals surface area contributed by atoms with Crippen molar-refractivity contribution in [3.63, 3.8) is 0 Å². The zero-order valence-corrected chi connectivity index (χ0v) is 8.43. The Morgan fingerprint density at radius 1 is 1.56 bits per heavy atom. The number of hydrogen-bond donors (Lipinski definition) is 2. The summed E-state index contributed by atoms with van der Waals surface area (Å²) in [6, 6.07) is 2.18. The highest BCUT2D eigenvalue weighted by Gasteiger charge is 2.26. The Kier molecular flexibility index (Phi) is 1.82. The third kappa shape index (κ3) is 1.39. The maximum Gasteiger partial charge on any atom is 0.311 e. The zero-order chi connectivity index (χ0) is 11.1. The van der Waals surface area contributed by atoms with Gasteiger partial charge in [-0.3, -0.25) is 10.1 Å². The molecule has 2 N–H and O–H groups in total. The molecular weight excluding hydrogens is 208 g/mol. The third-order valence-corrected chi connectivity index (χ3v) is 2.69. The highest BCUT2D eigenvalue weighted by molar-refractivity contribution is 5.94. The lowest BCUT2D eigenvalue weighted by molar-refractivity contribution is -0.384. The van der Waals surface area contributed by atoms with Gasteiger partial charge in [-0.1, -0.05) is 0 Å². The Morgan fingerprint density at radius 2 is 2.38 bits per heavy atom. The van der Waals surface area contributed by atoms with E-state index in [2.05, 4.69) is 15.3 Å². The Morgan fingerprint density at radius 3 is 3.06 bits per heavy atom. The fraction of sp³-hybridized carbons (Fsp3) is 0.300. The summed E-state index contributed by atoms with van der Waals surface area (Å²) in [5, 5.41) is 14.9. The molecular formula is C10H10N4O2. The molecule has 0 aromatic carbocycles. The largest absolute Gasteiger partial charge is 0.376 e. The maximum atomic E-state index is 10.9. The van der Waals surface area contributed by atoms with Crippen molar-refractivity contribution < 1.29 is 4.92 Å². The van der Waals surface area contributed by atoms with Crippen molar-refractivity contribution in [1.29, 1.82) is 0 Å². The fourth-order valence-corrected chi connectivity index (χ4v) is 1.72. The van der Waals surface area contributed by atoms with Crippen molar-refractivity contribution in [2.45, 2.75) is 18.9 Å². The molecule has 0 saturated heterocycles. The standard InChI is InChI=1S/C10H10N4O2/c15-14(16)8-5-12-10-7(3-4-11-10)9(8)13-6-1-2-6/h3-6H,1-2H2,(H2,11,12,13).